The normalized spacial score (nSPS) is 15.7. The summed E-state index contributed by atoms with van der Waals surface area (Å²) in [7, 11) is 0. The van der Waals surface area contributed by atoms with E-state index in [0.717, 1.165) is 81.6 Å². The first-order chi connectivity index (χ1) is 20.8. The molecule has 1 amide bonds. The monoisotopic (exact) mass is 589 g/mol. The van der Waals surface area contributed by atoms with Crippen LogP contribution in [0.2, 0.25) is 0 Å². The number of hydrogen-bond donors (Lipinski definition) is 2. The van der Waals surface area contributed by atoms with Crippen molar-refractivity contribution in [1.82, 2.24) is 9.80 Å². The number of anilines is 1. The van der Waals surface area contributed by atoms with E-state index in [4.69, 9.17) is 29.3 Å². The summed E-state index contributed by atoms with van der Waals surface area (Å²) in [5, 5.41) is 14.8. The molecule has 3 aromatic carbocycles. The molecule has 0 radical (unpaired) electrons. The van der Waals surface area contributed by atoms with E-state index in [1.54, 1.807) is 0 Å². The van der Waals surface area contributed by atoms with Gasteiger partial charge in [0.1, 0.15) is 17.2 Å². The van der Waals surface area contributed by atoms with Crippen molar-refractivity contribution in [2.24, 2.45) is 5.92 Å². The smallest absolute Gasteiger partial charge is 0.414 e. The molecule has 10 heteroatoms. The van der Waals surface area contributed by atoms with Crippen molar-refractivity contribution in [2.75, 3.05) is 50.8 Å². The molecule has 0 atom stereocenters. The number of benzene rings is 3. The molecule has 5 rings (SSSR count). The van der Waals surface area contributed by atoms with E-state index in [0.29, 0.717) is 12.5 Å². The van der Waals surface area contributed by atoms with E-state index in [2.05, 4.69) is 45.0 Å². The molecular weight excluding hydrogens is 550 g/mol. The number of ether oxygens (including phenoxy) is 2. The summed E-state index contributed by atoms with van der Waals surface area (Å²) in [4.78, 5) is 38.4. The molecular formula is C33H39N3O7. The van der Waals surface area contributed by atoms with Crippen molar-refractivity contribution in [2.45, 2.75) is 26.3 Å². The number of aliphatic carboxylic acids is 2. The van der Waals surface area contributed by atoms with E-state index in [9.17, 15) is 4.79 Å². The molecule has 2 fully saturated rings. The molecule has 10 nitrogen and oxygen atoms in total. The van der Waals surface area contributed by atoms with Crippen LogP contribution < -0.4 is 14.4 Å². The number of amides is 1. The number of likely N-dealkylation sites (tertiary alicyclic amines) is 1. The molecule has 0 saturated carbocycles. The first-order valence-electron chi connectivity index (χ1n) is 14.6. The van der Waals surface area contributed by atoms with Gasteiger partial charge in [-0.05, 0) is 74.8 Å². The Morgan fingerprint density at radius 1 is 0.767 bits per heavy atom. The van der Waals surface area contributed by atoms with Gasteiger partial charge in [-0.2, -0.15) is 0 Å². The zero-order chi connectivity index (χ0) is 30.6. The van der Waals surface area contributed by atoms with E-state index in [1.165, 1.54) is 5.56 Å². The van der Waals surface area contributed by atoms with Gasteiger partial charge in [0.15, 0.2) is 0 Å². The van der Waals surface area contributed by atoms with Gasteiger partial charge in [0.05, 0.1) is 12.3 Å². The van der Waals surface area contributed by atoms with Crippen LogP contribution in [-0.2, 0) is 20.9 Å². The van der Waals surface area contributed by atoms with Gasteiger partial charge in [0, 0.05) is 38.6 Å². The van der Waals surface area contributed by atoms with Crippen LogP contribution >= 0.6 is 0 Å². The minimum absolute atomic E-state index is 0.131. The summed E-state index contributed by atoms with van der Waals surface area (Å²) >= 11 is 0. The molecule has 2 heterocycles. The number of carbonyl (C=O) groups is 3. The number of carboxylic acids is 2. The van der Waals surface area contributed by atoms with Gasteiger partial charge in [0.2, 0.25) is 5.91 Å². The van der Waals surface area contributed by atoms with E-state index in [-0.39, 0.29) is 5.92 Å². The molecule has 2 aliphatic rings. The number of piperidine rings is 1. The predicted molar refractivity (Wildman–Crippen MR) is 163 cm³/mol. The highest BCUT2D eigenvalue weighted by Crippen LogP contribution is 2.30. The average Bonchev–Trinajstić information content (AvgIpc) is 3.03. The van der Waals surface area contributed by atoms with Crippen LogP contribution in [-0.4, -0.2) is 83.7 Å². The van der Waals surface area contributed by atoms with Gasteiger partial charge in [0.25, 0.3) is 0 Å². The lowest BCUT2D eigenvalue weighted by molar-refractivity contribution is -0.159. The highest BCUT2D eigenvalue weighted by molar-refractivity contribution is 6.27. The van der Waals surface area contributed by atoms with Gasteiger partial charge in [-0.15, -0.1) is 0 Å². The lowest BCUT2D eigenvalue weighted by Crippen LogP contribution is -2.51. The first kappa shape index (κ1) is 31.4. The largest absolute Gasteiger partial charge is 0.492 e. The Kier molecular flexibility index (Phi) is 11.4. The van der Waals surface area contributed by atoms with E-state index < -0.39 is 11.9 Å². The maximum atomic E-state index is 13.3. The van der Waals surface area contributed by atoms with Crippen LogP contribution in [0, 0.1) is 5.92 Å². The van der Waals surface area contributed by atoms with Gasteiger partial charge in [-0.3, -0.25) is 9.69 Å². The molecule has 2 saturated heterocycles. The van der Waals surface area contributed by atoms with Gasteiger partial charge >= 0.3 is 11.9 Å². The number of hydrogen-bond acceptors (Lipinski definition) is 7. The molecule has 2 N–H and O–H groups in total. The molecule has 0 unspecified atom stereocenters. The minimum Gasteiger partial charge on any atom is -0.492 e. The number of piperazine rings is 1. The zero-order valence-corrected chi connectivity index (χ0v) is 24.4. The predicted octanol–water partition coefficient (Wildman–Crippen LogP) is 4.59. The molecule has 43 heavy (non-hydrogen) atoms. The van der Waals surface area contributed by atoms with E-state index in [1.807, 2.05) is 55.5 Å². The summed E-state index contributed by atoms with van der Waals surface area (Å²) in [6.07, 6.45) is 1.85. The van der Waals surface area contributed by atoms with Crippen LogP contribution in [0.15, 0.2) is 78.9 Å². The number of carbonyl (C=O) groups excluding carboxylic acids is 1. The standard InChI is InChI=1S/C31H37N3O3.C2H2O4/c1-2-36-30-14-7-6-13-29(30)33-19-21-34(22-20-33)31(35)26-15-17-32(18-16-26)24-25-9-8-12-28(23-25)37-27-10-4-3-5-11-27;3-1(4)2(5)6/h3-14,23,26H,2,15-22,24H2,1H3;(H,3,4)(H,5,6). The Morgan fingerprint density at radius 3 is 2.05 bits per heavy atom. The first-order valence-corrected chi connectivity index (χ1v) is 14.6. The fourth-order valence-corrected chi connectivity index (χ4v) is 5.35. The highest BCUT2D eigenvalue weighted by atomic mass is 16.5. The van der Waals surface area contributed by atoms with Crippen LogP contribution in [0.1, 0.15) is 25.3 Å². The molecule has 2 aliphatic heterocycles. The number of para-hydroxylation sites is 3. The molecule has 0 bridgehead atoms. The fourth-order valence-electron chi connectivity index (χ4n) is 5.35. The quantitative estimate of drug-likeness (QED) is 0.364. The van der Waals surface area contributed by atoms with Crippen LogP contribution in [0.4, 0.5) is 5.69 Å². The molecule has 0 aliphatic carbocycles. The topological polar surface area (TPSA) is 120 Å². The third kappa shape index (κ3) is 9.21. The SMILES string of the molecule is CCOc1ccccc1N1CCN(C(=O)C2CCN(Cc3cccc(Oc4ccccc4)c3)CC2)CC1.O=C(O)C(=O)O. The third-order valence-electron chi connectivity index (χ3n) is 7.50. The van der Waals surface area contributed by atoms with Crippen molar-refractivity contribution in [3.05, 3.63) is 84.4 Å². The third-order valence-corrected chi connectivity index (χ3v) is 7.50. The second-order valence-electron chi connectivity index (χ2n) is 10.4. The summed E-state index contributed by atoms with van der Waals surface area (Å²) in [6.45, 7) is 8.67. The average molecular weight is 590 g/mol. The van der Waals surface area contributed by atoms with Crippen LogP contribution in [0.3, 0.4) is 0 Å². The van der Waals surface area contributed by atoms with Crippen molar-refractivity contribution < 1.29 is 34.1 Å². The van der Waals surface area contributed by atoms with Crippen molar-refractivity contribution >= 4 is 23.5 Å². The van der Waals surface area contributed by atoms with Crippen molar-refractivity contribution in [3.63, 3.8) is 0 Å². The maximum Gasteiger partial charge on any atom is 0.414 e. The zero-order valence-electron chi connectivity index (χ0n) is 24.4. The van der Waals surface area contributed by atoms with Crippen LogP contribution in [0.5, 0.6) is 17.2 Å². The van der Waals surface area contributed by atoms with Crippen molar-refractivity contribution in [3.8, 4) is 17.2 Å². The molecule has 3 aromatic rings. The number of carboxylic acid groups (broad SMARTS) is 2. The van der Waals surface area contributed by atoms with Crippen LogP contribution in [0.25, 0.3) is 0 Å². The molecule has 228 valence electrons. The van der Waals surface area contributed by atoms with Gasteiger partial charge in [-0.25, -0.2) is 9.59 Å². The Morgan fingerprint density at radius 2 is 1.40 bits per heavy atom. The Hall–Kier alpha value is -4.57. The second kappa shape index (κ2) is 15.6. The summed E-state index contributed by atoms with van der Waals surface area (Å²) in [5.74, 6) is -0.559. The number of rotatable bonds is 8. The Labute approximate surface area is 252 Å². The second-order valence-corrected chi connectivity index (χ2v) is 10.4. The minimum atomic E-state index is -1.82. The van der Waals surface area contributed by atoms with Crippen molar-refractivity contribution in [1.29, 1.82) is 0 Å². The Balaban J connectivity index is 0.000000641. The fraction of sp³-hybridized carbons (Fsp3) is 0.364. The Bertz CT molecular complexity index is 1340. The lowest BCUT2D eigenvalue weighted by Gasteiger charge is -2.39. The van der Waals surface area contributed by atoms with Gasteiger partial charge in [-0.1, -0.05) is 42.5 Å². The summed E-state index contributed by atoms with van der Waals surface area (Å²) in [5.41, 5.74) is 2.37. The molecule has 0 aromatic heterocycles. The van der Waals surface area contributed by atoms with Gasteiger partial charge < -0.3 is 29.5 Å². The summed E-state index contributed by atoms with van der Waals surface area (Å²) < 4.78 is 11.8. The maximum absolute atomic E-state index is 13.3. The lowest BCUT2D eigenvalue weighted by atomic mass is 9.94. The molecule has 0 spiro atoms. The summed E-state index contributed by atoms with van der Waals surface area (Å²) in [6, 6.07) is 26.4. The highest BCUT2D eigenvalue weighted by Gasteiger charge is 2.31. The van der Waals surface area contributed by atoms with E-state index >= 15 is 0 Å². The number of nitrogens with zero attached hydrogens (tertiary/aromatic N) is 3.